The molecule has 8 heteroatoms. The molecule has 1 aromatic rings. The van der Waals surface area contributed by atoms with Crippen LogP contribution in [0.25, 0.3) is 0 Å². The van der Waals surface area contributed by atoms with Crippen LogP contribution in [-0.2, 0) is 30.2 Å². The molecule has 1 N–H and O–H groups in total. The first kappa shape index (κ1) is 22.3. The highest BCUT2D eigenvalue weighted by molar-refractivity contribution is 6.04. The Morgan fingerprint density at radius 1 is 0.963 bits per heavy atom. The van der Waals surface area contributed by atoms with E-state index in [0.29, 0.717) is 5.56 Å². The molecule has 0 aromatic heterocycles. The summed E-state index contributed by atoms with van der Waals surface area (Å²) in [5.74, 6) is -2.10. The van der Waals surface area contributed by atoms with Crippen LogP contribution in [0.4, 0.5) is 4.79 Å². The summed E-state index contributed by atoms with van der Waals surface area (Å²) < 4.78 is 15.5. The number of hydrogen-bond acceptors (Lipinski definition) is 7. The summed E-state index contributed by atoms with van der Waals surface area (Å²) in [5, 5.41) is 0. The third-order valence-electron chi connectivity index (χ3n) is 3.49. The quantitative estimate of drug-likeness (QED) is 0.257. The molecule has 1 rings (SSSR count). The summed E-state index contributed by atoms with van der Waals surface area (Å²) in [7, 11) is 0. The van der Waals surface area contributed by atoms with Crippen molar-refractivity contribution in [2.45, 2.75) is 52.2 Å². The van der Waals surface area contributed by atoms with Crippen LogP contribution < -0.4 is 0 Å². The maximum absolute atomic E-state index is 12.8. The molecule has 0 bridgehead atoms. The van der Waals surface area contributed by atoms with Gasteiger partial charge in [-0.2, -0.15) is 4.79 Å². The van der Waals surface area contributed by atoms with Crippen molar-refractivity contribution in [3.63, 3.8) is 0 Å². The lowest BCUT2D eigenvalue weighted by Gasteiger charge is -2.24. The van der Waals surface area contributed by atoms with Crippen molar-refractivity contribution in [1.82, 2.24) is 0 Å². The van der Waals surface area contributed by atoms with Gasteiger partial charge in [0.25, 0.3) is 0 Å². The van der Waals surface area contributed by atoms with Crippen LogP contribution in [0.15, 0.2) is 30.3 Å². The maximum atomic E-state index is 12.8. The van der Waals surface area contributed by atoms with Gasteiger partial charge in [-0.3, -0.25) is 0 Å². The van der Waals surface area contributed by atoms with Crippen molar-refractivity contribution >= 4 is 18.0 Å². The molecule has 0 unspecified atom stereocenters. The van der Waals surface area contributed by atoms with Gasteiger partial charge in [0.05, 0.1) is 19.6 Å². The van der Waals surface area contributed by atoms with E-state index >= 15 is 0 Å². The van der Waals surface area contributed by atoms with Gasteiger partial charge in [-0.1, -0.05) is 30.3 Å². The Bertz CT molecular complexity index is 676. The summed E-state index contributed by atoms with van der Waals surface area (Å²) in [6.07, 6.45) is -1.44. The molecule has 1 amide bonds. The Hall–Kier alpha value is -2.77. The number of amides is 1. The predicted octanol–water partition coefficient (Wildman–Crippen LogP) is 3.07. The number of esters is 2. The molecule has 0 aliphatic heterocycles. The fourth-order valence-electron chi connectivity index (χ4n) is 2.34. The minimum Gasteiger partial charge on any atom is -0.460 e. The zero-order valence-electron chi connectivity index (χ0n) is 16.4. The molecule has 0 aliphatic carbocycles. The van der Waals surface area contributed by atoms with Gasteiger partial charge in [0, 0.05) is 4.70 Å². The Morgan fingerprint density at radius 3 is 1.85 bits per heavy atom. The monoisotopic (exact) mass is 379 g/mol. The SMILES string of the molecule is CCOC(=O)C(Cc1ccccc1)(C(=O)OCC)[N+](=N)C(=O)OC(C)(C)C. The predicted molar refractivity (Wildman–Crippen MR) is 95.4 cm³/mol. The number of rotatable bonds is 7. The first-order chi connectivity index (χ1) is 12.6. The Morgan fingerprint density at radius 2 is 1.44 bits per heavy atom. The minimum atomic E-state index is -2.32. The van der Waals surface area contributed by atoms with Gasteiger partial charge in [0.1, 0.15) is 5.60 Å². The van der Waals surface area contributed by atoms with Crippen LogP contribution in [0, 0.1) is 5.53 Å². The maximum Gasteiger partial charge on any atom is 0.624 e. The summed E-state index contributed by atoms with van der Waals surface area (Å²) in [5.41, 5.74) is 5.60. The lowest BCUT2D eigenvalue weighted by atomic mass is 9.90. The highest BCUT2D eigenvalue weighted by atomic mass is 16.6. The number of ether oxygens (including phenoxy) is 3. The molecule has 0 saturated carbocycles. The molecule has 0 fully saturated rings. The summed E-state index contributed by atoms with van der Waals surface area (Å²) in [6, 6.07) is 8.56. The van der Waals surface area contributed by atoms with Crippen LogP contribution in [0.2, 0.25) is 0 Å². The van der Waals surface area contributed by atoms with Gasteiger partial charge in [-0.05, 0) is 45.7 Å². The number of nitrogens with zero attached hydrogens (tertiary/aromatic N) is 1. The van der Waals surface area contributed by atoms with E-state index in [1.165, 1.54) is 0 Å². The van der Waals surface area contributed by atoms with E-state index in [9.17, 15) is 14.4 Å². The number of benzene rings is 1. The average Bonchev–Trinajstić information content (AvgIpc) is 2.58. The van der Waals surface area contributed by atoms with Gasteiger partial charge >= 0.3 is 23.6 Å². The first-order valence-electron chi connectivity index (χ1n) is 8.71. The molecule has 0 radical (unpaired) electrons. The molecular formula is C19H27N2O6+. The van der Waals surface area contributed by atoms with E-state index in [1.54, 1.807) is 65.0 Å². The molecule has 27 heavy (non-hydrogen) atoms. The largest absolute Gasteiger partial charge is 0.624 e. The van der Waals surface area contributed by atoms with Crippen LogP contribution in [0.3, 0.4) is 0 Å². The Balaban J connectivity index is 3.49. The van der Waals surface area contributed by atoms with Gasteiger partial charge in [-0.15, -0.1) is 0 Å². The lowest BCUT2D eigenvalue weighted by molar-refractivity contribution is -0.590. The highest BCUT2D eigenvalue weighted by Gasteiger charge is 2.64. The zero-order valence-corrected chi connectivity index (χ0v) is 16.4. The standard InChI is InChI=1S/C19H27N2O6/c1-6-25-15(22)19(16(23)26-7-2,13-14-11-9-8-10-12-14)21(20)17(24)27-18(3,4)5/h8-12,20H,6-7,13H2,1-5H3/q+1. The molecule has 0 atom stereocenters. The van der Waals surface area contributed by atoms with Crippen LogP contribution >= 0.6 is 0 Å². The molecular weight excluding hydrogens is 352 g/mol. The minimum absolute atomic E-state index is 0.0308. The van der Waals surface area contributed by atoms with Gasteiger partial charge in [-0.25, -0.2) is 9.59 Å². The van der Waals surface area contributed by atoms with Crippen LogP contribution in [0.5, 0.6) is 0 Å². The van der Waals surface area contributed by atoms with Gasteiger partial charge in [0.15, 0.2) is 0 Å². The molecule has 1 aromatic carbocycles. The van der Waals surface area contributed by atoms with Crippen molar-refractivity contribution in [1.29, 1.82) is 5.53 Å². The average molecular weight is 379 g/mol. The van der Waals surface area contributed by atoms with Crippen LogP contribution in [-0.4, -0.2) is 47.1 Å². The molecule has 0 aliphatic rings. The fourth-order valence-corrected chi connectivity index (χ4v) is 2.34. The Labute approximate surface area is 158 Å². The highest BCUT2D eigenvalue weighted by Crippen LogP contribution is 2.24. The normalized spacial score (nSPS) is 11.4. The van der Waals surface area contributed by atoms with Crippen molar-refractivity contribution < 1.29 is 33.3 Å². The zero-order chi connectivity index (χ0) is 20.7. The second kappa shape index (κ2) is 9.25. The summed E-state index contributed by atoms with van der Waals surface area (Å²) in [4.78, 5) is 38.1. The molecule has 0 spiro atoms. The number of carbonyl (C=O) groups excluding carboxylic acids is 3. The molecule has 0 saturated heterocycles. The van der Waals surface area contributed by atoms with Gasteiger partial charge < -0.3 is 14.2 Å². The van der Waals surface area contributed by atoms with E-state index in [-0.39, 0.29) is 24.3 Å². The van der Waals surface area contributed by atoms with Crippen molar-refractivity contribution in [3.05, 3.63) is 35.9 Å². The van der Waals surface area contributed by atoms with Crippen LogP contribution in [0.1, 0.15) is 40.2 Å². The molecule has 8 nitrogen and oxygen atoms in total. The molecule has 0 heterocycles. The second-order valence-corrected chi connectivity index (χ2v) is 6.78. The van der Waals surface area contributed by atoms with E-state index < -0.39 is 29.2 Å². The van der Waals surface area contributed by atoms with E-state index in [4.69, 9.17) is 19.7 Å². The topological polar surface area (TPSA) is 106 Å². The van der Waals surface area contributed by atoms with E-state index in [0.717, 1.165) is 0 Å². The summed E-state index contributed by atoms with van der Waals surface area (Å²) >= 11 is 0. The van der Waals surface area contributed by atoms with Crippen molar-refractivity contribution in [2.75, 3.05) is 13.2 Å². The molecule has 148 valence electrons. The van der Waals surface area contributed by atoms with Crippen molar-refractivity contribution in [2.24, 2.45) is 0 Å². The van der Waals surface area contributed by atoms with Crippen molar-refractivity contribution in [3.8, 4) is 0 Å². The third kappa shape index (κ3) is 5.60. The fraction of sp³-hybridized carbons (Fsp3) is 0.526. The first-order valence-corrected chi connectivity index (χ1v) is 8.71. The van der Waals surface area contributed by atoms with E-state index in [2.05, 4.69) is 0 Å². The second-order valence-electron chi connectivity index (χ2n) is 6.78. The third-order valence-corrected chi connectivity index (χ3v) is 3.49. The number of nitrogens with one attached hydrogen (secondary N) is 1. The Kier molecular flexibility index (Phi) is 7.63. The van der Waals surface area contributed by atoms with E-state index in [1.807, 2.05) is 0 Å². The smallest absolute Gasteiger partial charge is 0.460 e. The summed E-state index contributed by atoms with van der Waals surface area (Å²) in [6.45, 7) is 7.93. The number of hydrogen-bond donors (Lipinski definition) is 1. The number of carbonyl (C=O) groups is 3. The lowest BCUT2D eigenvalue weighted by Crippen LogP contribution is -2.60. The van der Waals surface area contributed by atoms with Gasteiger partial charge in [0.2, 0.25) is 0 Å².